The average Bonchev–Trinajstić information content (AvgIpc) is 2.72. The van der Waals surface area contributed by atoms with Crippen LogP contribution < -0.4 is 0 Å². The third-order valence-electron chi connectivity index (χ3n) is 3.38. The summed E-state index contributed by atoms with van der Waals surface area (Å²) < 4.78 is 0. The van der Waals surface area contributed by atoms with E-state index in [9.17, 15) is 10.1 Å². The summed E-state index contributed by atoms with van der Waals surface area (Å²) in [4.78, 5) is 10.2. The van der Waals surface area contributed by atoms with Crippen molar-refractivity contribution in [3.8, 4) is 11.1 Å². The van der Waals surface area contributed by atoms with Crippen LogP contribution in [0.25, 0.3) is 23.3 Å². The maximum absolute atomic E-state index is 10.6. The standard InChI is InChI=1S/C18H13NO2/c20-19(21)17-12-7-14(8-13-17)6-9-16-11-10-15-4-2-1-3-5-18(15)16/h1-13H/b9-6-. The van der Waals surface area contributed by atoms with Gasteiger partial charge in [0.15, 0.2) is 0 Å². The monoisotopic (exact) mass is 275 g/mol. The van der Waals surface area contributed by atoms with Gasteiger partial charge in [-0.2, -0.15) is 0 Å². The Balaban J connectivity index is 1.87. The zero-order valence-corrected chi connectivity index (χ0v) is 11.3. The molecule has 1 aromatic carbocycles. The van der Waals surface area contributed by atoms with Crippen LogP contribution in [0.2, 0.25) is 0 Å². The number of nitrogens with zero attached hydrogens (tertiary/aromatic N) is 1. The summed E-state index contributed by atoms with van der Waals surface area (Å²) in [5.74, 6) is 0. The molecule has 0 aromatic heterocycles. The van der Waals surface area contributed by atoms with Crippen molar-refractivity contribution in [3.05, 3.63) is 88.0 Å². The number of hydrogen-bond donors (Lipinski definition) is 0. The van der Waals surface area contributed by atoms with E-state index in [4.69, 9.17) is 0 Å². The number of benzene rings is 1. The number of rotatable bonds is 3. The highest BCUT2D eigenvalue weighted by Crippen LogP contribution is 2.28. The Morgan fingerprint density at radius 2 is 1.57 bits per heavy atom. The van der Waals surface area contributed by atoms with Crippen LogP contribution in [0, 0.1) is 10.1 Å². The van der Waals surface area contributed by atoms with Crippen molar-refractivity contribution in [2.24, 2.45) is 0 Å². The second-order valence-electron chi connectivity index (χ2n) is 4.75. The van der Waals surface area contributed by atoms with Gasteiger partial charge in [-0.25, -0.2) is 0 Å². The number of nitro benzene ring substituents is 1. The van der Waals surface area contributed by atoms with E-state index in [-0.39, 0.29) is 5.69 Å². The molecule has 0 bridgehead atoms. The van der Waals surface area contributed by atoms with Crippen LogP contribution in [0.1, 0.15) is 11.1 Å². The van der Waals surface area contributed by atoms with Crippen LogP contribution in [0.15, 0.2) is 66.7 Å². The molecule has 0 spiro atoms. The molecule has 3 rings (SSSR count). The number of hydrogen-bond acceptors (Lipinski definition) is 2. The average molecular weight is 275 g/mol. The minimum Gasteiger partial charge on any atom is -0.258 e. The van der Waals surface area contributed by atoms with Crippen LogP contribution in [0.3, 0.4) is 0 Å². The van der Waals surface area contributed by atoms with Crippen molar-refractivity contribution in [2.45, 2.75) is 0 Å². The Hall–Kier alpha value is -2.94. The van der Waals surface area contributed by atoms with Crippen LogP contribution in [0.5, 0.6) is 0 Å². The molecule has 0 saturated heterocycles. The van der Waals surface area contributed by atoms with Crippen molar-refractivity contribution in [3.63, 3.8) is 0 Å². The molecule has 2 aliphatic rings. The van der Waals surface area contributed by atoms with E-state index >= 15 is 0 Å². The van der Waals surface area contributed by atoms with Crippen molar-refractivity contribution < 1.29 is 4.92 Å². The van der Waals surface area contributed by atoms with Gasteiger partial charge in [-0.05, 0) is 34.4 Å². The van der Waals surface area contributed by atoms with Crippen LogP contribution in [-0.4, -0.2) is 4.92 Å². The molecule has 0 N–H and O–H groups in total. The number of fused-ring (bicyclic) bond motifs is 1. The molecule has 1 aromatic rings. The van der Waals surface area contributed by atoms with Crippen molar-refractivity contribution in [2.75, 3.05) is 0 Å². The molecule has 0 saturated carbocycles. The van der Waals surface area contributed by atoms with Gasteiger partial charge in [0.25, 0.3) is 5.69 Å². The molecule has 0 aliphatic heterocycles. The first kappa shape index (κ1) is 13.1. The highest BCUT2D eigenvalue weighted by atomic mass is 16.6. The van der Waals surface area contributed by atoms with Crippen LogP contribution in [0.4, 0.5) is 5.69 Å². The highest BCUT2D eigenvalue weighted by molar-refractivity contribution is 5.83. The summed E-state index contributed by atoms with van der Waals surface area (Å²) in [6, 6.07) is 20.9. The molecular weight excluding hydrogens is 262 g/mol. The minimum absolute atomic E-state index is 0.109. The molecule has 0 amide bonds. The third-order valence-corrected chi connectivity index (χ3v) is 3.38. The normalized spacial score (nSPS) is 11.0. The molecule has 3 heteroatoms. The Morgan fingerprint density at radius 1 is 0.810 bits per heavy atom. The van der Waals surface area contributed by atoms with Crippen LogP contribution in [-0.2, 0) is 0 Å². The van der Waals surface area contributed by atoms with Gasteiger partial charge in [-0.1, -0.05) is 54.6 Å². The SMILES string of the molecule is O=[N+]([O-])c1ccc(/C=C\c2ccc3cccccc2-3)cc1. The molecule has 0 radical (unpaired) electrons. The predicted octanol–water partition coefficient (Wildman–Crippen LogP) is 4.87. The van der Waals surface area contributed by atoms with E-state index in [0.717, 1.165) is 11.1 Å². The van der Waals surface area contributed by atoms with E-state index < -0.39 is 4.92 Å². The lowest BCUT2D eigenvalue weighted by Crippen LogP contribution is -1.86. The maximum atomic E-state index is 10.6. The fourth-order valence-electron chi connectivity index (χ4n) is 2.28. The Morgan fingerprint density at radius 3 is 2.33 bits per heavy atom. The largest absolute Gasteiger partial charge is 0.269 e. The van der Waals surface area contributed by atoms with Gasteiger partial charge >= 0.3 is 0 Å². The summed E-state index contributed by atoms with van der Waals surface area (Å²) in [5.41, 5.74) is 4.58. The molecule has 2 aliphatic carbocycles. The Kier molecular flexibility index (Phi) is 3.48. The molecule has 0 unspecified atom stereocenters. The smallest absolute Gasteiger partial charge is 0.258 e. The molecular formula is C18H13NO2. The summed E-state index contributed by atoms with van der Waals surface area (Å²) in [6.45, 7) is 0. The summed E-state index contributed by atoms with van der Waals surface area (Å²) in [5, 5.41) is 10.6. The second kappa shape index (κ2) is 5.59. The molecule has 21 heavy (non-hydrogen) atoms. The summed E-state index contributed by atoms with van der Waals surface area (Å²) in [6.07, 6.45) is 4.00. The highest BCUT2D eigenvalue weighted by Gasteiger charge is 2.05. The lowest BCUT2D eigenvalue weighted by molar-refractivity contribution is -0.384. The molecule has 0 heterocycles. The van der Waals surface area contributed by atoms with Crippen molar-refractivity contribution in [1.29, 1.82) is 0 Å². The van der Waals surface area contributed by atoms with E-state index in [1.54, 1.807) is 12.1 Å². The first-order chi connectivity index (χ1) is 10.2. The van der Waals surface area contributed by atoms with E-state index in [2.05, 4.69) is 24.3 Å². The molecule has 3 nitrogen and oxygen atoms in total. The zero-order valence-electron chi connectivity index (χ0n) is 11.3. The van der Waals surface area contributed by atoms with Gasteiger partial charge in [0.1, 0.15) is 0 Å². The quantitative estimate of drug-likeness (QED) is 0.505. The summed E-state index contributed by atoms with van der Waals surface area (Å²) in [7, 11) is 0. The maximum Gasteiger partial charge on any atom is 0.269 e. The number of nitro groups is 1. The Bertz CT molecular complexity index is 775. The van der Waals surface area contributed by atoms with Gasteiger partial charge in [0.2, 0.25) is 0 Å². The third kappa shape index (κ3) is 2.82. The van der Waals surface area contributed by atoms with Crippen LogP contribution >= 0.6 is 0 Å². The van der Waals surface area contributed by atoms with Gasteiger partial charge in [0, 0.05) is 12.1 Å². The lowest BCUT2D eigenvalue weighted by atomic mass is 10.1. The number of non-ortho nitro benzene ring substituents is 1. The first-order valence-electron chi connectivity index (χ1n) is 6.64. The Labute approximate surface area is 122 Å². The molecule has 102 valence electrons. The molecule has 0 atom stereocenters. The predicted molar refractivity (Wildman–Crippen MR) is 85.1 cm³/mol. The fourth-order valence-corrected chi connectivity index (χ4v) is 2.28. The fraction of sp³-hybridized carbons (Fsp3) is 0. The van der Waals surface area contributed by atoms with Gasteiger partial charge in [-0.3, -0.25) is 10.1 Å². The van der Waals surface area contributed by atoms with E-state index in [1.807, 2.05) is 30.4 Å². The lowest BCUT2D eigenvalue weighted by Gasteiger charge is -1.96. The topological polar surface area (TPSA) is 43.1 Å². The minimum atomic E-state index is -0.391. The van der Waals surface area contributed by atoms with E-state index in [1.165, 1.54) is 23.3 Å². The van der Waals surface area contributed by atoms with Gasteiger partial charge in [-0.15, -0.1) is 0 Å². The second-order valence-corrected chi connectivity index (χ2v) is 4.75. The van der Waals surface area contributed by atoms with Gasteiger partial charge < -0.3 is 0 Å². The summed E-state index contributed by atoms with van der Waals surface area (Å²) >= 11 is 0. The first-order valence-corrected chi connectivity index (χ1v) is 6.64. The van der Waals surface area contributed by atoms with Crippen molar-refractivity contribution >= 4 is 17.8 Å². The zero-order chi connectivity index (χ0) is 14.7. The van der Waals surface area contributed by atoms with E-state index in [0.29, 0.717) is 0 Å². The van der Waals surface area contributed by atoms with Gasteiger partial charge in [0.05, 0.1) is 4.92 Å². The van der Waals surface area contributed by atoms with Crippen molar-refractivity contribution in [1.82, 2.24) is 0 Å². The molecule has 0 fully saturated rings.